The molecule has 0 saturated carbocycles. The van der Waals surface area contributed by atoms with Crippen molar-refractivity contribution in [1.82, 2.24) is 15.5 Å². The fourth-order valence-corrected chi connectivity index (χ4v) is 3.83. The SMILES string of the molecule is CCNC(=NCc1ccc(F)c(C)c1)N1CCCC2(CNC(=O)C2)C1. The number of carbonyl (C=O) groups is 1. The quantitative estimate of drug-likeness (QED) is 0.652. The molecule has 2 aliphatic rings. The molecule has 0 radical (unpaired) electrons. The van der Waals surface area contributed by atoms with E-state index in [0.717, 1.165) is 50.5 Å². The third kappa shape index (κ3) is 4.11. The highest BCUT2D eigenvalue weighted by Crippen LogP contribution is 2.36. The van der Waals surface area contributed by atoms with Gasteiger partial charge in [-0.3, -0.25) is 4.79 Å². The molecule has 0 aromatic heterocycles. The molecule has 0 aliphatic carbocycles. The van der Waals surface area contributed by atoms with Crippen molar-refractivity contribution >= 4 is 11.9 Å². The first kappa shape index (κ1) is 17.7. The average molecular weight is 346 g/mol. The van der Waals surface area contributed by atoms with Crippen LogP contribution in [-0.4, -0.2) is 42.9 Å². The van der Waals surface area contributed by atoms with Gasteiger partial charge in [-0.25, -0.2) is 9.38 Å². The molecular formula is C19H27FN4O. The minimum atomic E-state index is -0.184. The van der Waals surface area contributed by atoms with E-state index in [2.05, 4.69) is 22.5 Å². The number of aryl methyl sites for hydroxylation is 1. The molecule has 6 heteroatoms. The number of carbonyl (C=O) groups excluding carboxylic acids is 1. The van der Waals surface area contributed by atoms with Crippen LogP contribution in [0.4, 0.5) is 4.39 Å². The fraction of sp³-hybridized carbons (Fsp3) is 0.579. The molecule has 5 nitrogen and oxygen atoms in total. The summed E-state index contributed by atoms with van der Waals surface area (Å²) in [4.78, 5) is 18.7. The first-order valence-corrected chi connectivity index (χ1v) is 9.06. The summed E-state index contributed by atoms with van der Waals surface area (Å²) in [5, 5.41) is 6.34. The Labute approximate surface area is 148 Å². The number of benzene rings is 1. The molecule has 2 heterocycles. The number of aliphatic imine (C=N–C) groups is 1. The number of piperidine rings is 1. The van der Waals surface area contributed by atoms with Gasteiger partial charge in [-0.15, -0.1) is 0 Å². The van der Waals surface area contributed by atoms with Crippen LogP contribution in [0.2, 0.25) is 0 Å². The van der Waals surface area contributed by atoms with Crippen molar-refractivity contribution < 1.29 is 9.18 Å². The monoisotopic (exact) mass is 346 g/mol. The summed E-state index contributed by atoms with van der Waals surface area (Å²) in [5.41, 5.74) is 1.68. The summed E-state index contributed by atoms with van der Waals surface area (Å²) in [6, 6.07) is 5.13. The smallest absolute Gasteiger partial charge is 0.220 e. The van der Waals surface area contributed by atoms with Crippen molar-refractivity contribution in [1.29, 1.82) is 0 Å². The van der Waals surface area contributed by atoms with Crippen LogP contribution in [0.3, 0.4) is 0 Å². The van der Waals surface area contributed by atoms with Crippen molar-refractivity contribution in [2.24, 2.45) is 10.4 Å². The molecule has 2 fully saturated rings. The van der Waals surface area contributed by atoms with Gasteiger partial charge in [0, 0.05) is 38.0 Å². The molecule has 1 unspecified atom stereocenters. The Morgan fingerprint density at radius 2 is 2.32 bits per heavy atom. The molecule has 2 saturated heterocycles. The maximum absolute atomic E-state index is 13.4. The first-order valence-electron chi connectivity index (χ1n) is 9.06. The minimum Gasteiger partial charge on any atom is -0.357 e. The number of nitrogens with zero attached hydrogens (tertiary/aromatic N) is 2. The molecule has 136 valence electrons. The Bertz CT molecular complexity index is 675. The summed E-state index contributed by atoms with van der Waals surface area (Å²) in [7, 11) is 0. The summed E-state index contributed by atoms with van der Waals surface area (Å²) >= 11 is 0. The van der Waals surface area contributed by atoms with Crippen LogP contribution in [0.15, 0.2) is 23.2 Å². The van der Waals surface area contributed by atoms with Gasteiger partial charge in [-0.2, -0.15) is 0 Å². The van der Waals surface area contributed by atoms with E-state index < -0.39 is 0 Å². The van der Waals surface area contributed by atoms with Crippen LogP contribution in [0.1, 0.15) is 37.3 Å². The van der Waals surface area contributed by atoms with Gasteiger partial charge >= 0.3 is 0 Å². The van der Waals surface area contributed by atoms with Crippen molar-refractivity contribution in [3.63, 3.8) is 0 Å². The van der Waals surface area contributed by atoms with Gasteiger partial charge in [0.25, 0.3) is 0 Å². The zero-order chi connectivity index (χ0) is 17.9. The lowest BCUT2D eigenvalue weighted by Crippen LogP contribution is -2.51. The molecular weight excluding hydrogens is 319 g/mol. The second-order valence-corrected chi connectivity index (χ2v) is 7.23. The van der Waals surface area contributed by atoms with E-state index >= 15 is 0 Å². The number of hydrogen-bond acceptors (Lipinski definition) is 2. The Kier molecular flexibility index (Phi) is 5.25. The van der Waals surface area contributed by atoms with Crippen LogP contribution < -0.4 is 10.6 Å². The lowest BCUT2D eigenvalue weighted by atomic mass is 9.79. The lowest BCUT2D eigenvalue weighted by molar-refractivity contribution is -0.119. The van der Waals surface area contributed by atoms with E-state index in [1.807, 2.05) is 6.07 Å². The summed E-state index contributed by atoms with van der Waals surface area (Å²) in [6.45, 7) is 7.69. The third-order valence-electron chi connectivity index (χ3n) is 5.13. The number of nitrogens with one attached hydrogen (secondary N) is 2. The molecule has 1 amide bonds. The van der Waals surface area contributed by atoms with Crippen molar-refractivity contribution in [3.05, 3.63) is 35.1 Å². The molecule has 1 aromatic rings. The Morgan fingerprint density at radius 1 is 1.48 bits per heavy atom. The summed E-state index contributed by atoms with van der Waals surface area (Å²) in [5.74, 6) is 0.851. The minimum absolute atomic E-state index is 0.0397. The molecule has 2 N–H and O–H groups in total. The van der Waals surface area contributed by atoms with Gasteiger partial charge in [0.2, 0.25) is 5.91 Å². The summed E-state index contributed by atoms with van der Waals surface area (Å²) < 4.78 is 13.4. The van der Waals surface area contributed by atoms with Crippen molar-refractivity contribution in [2.75, 3.05) is 26.2 Å². The Hall–Kier alpha value is -2.11. The summed E-state index contributed by atoms with van der Waals surface area (Å²) in [6.07, 6.45) is 2.76. The topological polar surface area (TPSA) is 56.7 Å². The largest absolute Gasteiger partial charge is 0.357 e. The Morgan fingerprint density at radius 3 is 3.00 bits per heavy atom. The molecule has 0 bridgehead atoms. The number of likely N-dealkylation sites (tertiary alicyclic amines) is 1. The molecule has 25 heavy (non-hydrogen) atoms. The number of halogens is 1. The highest BCUT2D eigenvalue weighted by atomic mass is 19.1. The van der Waals surface area contributed by atoms with Gasteiger partial charge in [0.15, 0.2) is 5.96 Å². The van der Waals surface area contributed by atoms with E-state index in [1.54, 1.807) is 13.0 Å². The van der Waals surface area contributed by atoms with Crippen molar-refractivity contribution in [2.45, 2.75) is 39.7 Å². The highest BCUT2D eigenvalue weighted by Gasteiger charge is 2.42. The molecule has 1 spiro atoms. The van der Waals surface area contributed by atoms with E-state index in [-0.39, 0.29) is 17.1 Å². The predicted octanol–water partition coefficient (Wildman–Crippen LogP) is 2.20. The predicted molar refractivity (Wildman–Crippen MR) is 96.8 cm³/mol. The normalized spacial score (nSPS) is 23.9. The molecule has 1 aromatic carbocycles. The molecule has 3 rings (SSSR count). The van der Waals surface area contributed by atoms with E-state index in [9.17, 15) is 9.18 Å². The number of amides is 1. The third-order valence-corrected chi connectivity index (χ3v) is 5.13. The van der Waals surface area contributed by atoms with E-state index in [0.29, 0.717) is 18.5 Å². The molecule has 2 aliphatic heterocycles. The fourth-order valence-electron chi connectivity index (χ4n) is 3.83. The maximum Gasteiger partial charge on any atom is 0.220 e. The van der Waals surface area contributed by atoms with Gasteiger partial charge in [-0.05, 0) is 43.9 Å². The maximum atomic E-state index is 13.4. The lowest BCUT2D eigenvalue weighted by Gasteiger charge is -2.40. The van der Waals surface area contributed by atoms with Crippen LogP contribution in [0.25, 0.3) is 0 Å². The second kappa shape index (κ2) is 7.42. The van der Waals surface area contributed by atoms with Crippen LogP contribution in [0.5, 0.6) is 0 Å². The standard InChI is InChI=1S/C19H27FN4O/c1-3-21-18(22-11-15-5-6-16(20)14(2)9-15)24-8-4-7-19(13-24)10-17(25)23-12-19/h5-6,9H,3-4,7-8,10-13H2,1-2H3,(H,21,22)(H,23,25). The highest BCUT2D eigenvalue weighted by molar-refractivity contribution is 5.81. The molecule has 1 atom stereocenters. The van der Waals surface area contributed by atoms with Crippen LogP contribution in [0, 0.1) is 18.2 Å². The van der Waals surface area contributed by atoms with Gasteiger partial charge in [0.05, 0.1) is 6.54 Å². The van der Waals surface area contributed by atoms with Gasteiger partial charge in [0.1, 0.15) is 5.82 Å². The zero-order valence-corrected chi connectivity index (χ0v) is 15.1. The van der Waals surface area contributed by atoms with Crippen LogP contribution >= 0.6 is 0 Å². The average Bonchev–Trinajstić information content (AvgIpc) is 2.94. The van der Waals surface area contributed by atoms with E-state index in [1.165, 1.54) is 6.07 Å². The van der Waals surface area contributed by atoms with Gasteiger partial charge < -0.3 is 15.5 Å². The number of guanidine groups is 1. The van der Waals surface area contributed by atoms with Crippen LogP contribution in [-0.2, 0) is 11.3 Å². The number of rotatable bonds is 3. The zero-order valence-electron chi connectivity index (χ0n) is 15.1. The first-order chi connectivity index (χ1) is 12.0. The van der Waals surface area contributed by atoms with Crippen molar-refractivity contribution in [3.8, 4) is 0 Å². The number of hydrogen-bond donors (Lipinski definition) is 2. The van der Waals surface area contributed by atoms with E-state index in [4.69, 9.17) is 4.99 Å². The Balaban J connectivity index is 1.73. The second-order valence-electron chi connectivity index (χ2n) is 7.23. The van der Waals surface area contributed by atoms with Gasteiger partial charge in [-0.1, -0.05) is 12.1 Å².